The molecule has 23 heavy (non-hydrogen) atoms. The molecule has 2 aromatic heterocycles. The van der Waals surface area contributed by atoms with Crippen LogP contribution in [0, 0.1) is 0 Å². The summed E-state index contributed by atoms with van der Waals surface area (Å²) in [6.45, 7) is 1.94. The minimum Gasteiger partial charge on any atom is -0.486 e. The van der Waals surface area contributed by atoms with E-state index in [1.165, 1.54) is 0 Å². The van der Waals surface area contributed by atoms with E-state index >= 15 is 0 Å². The molecule has 3 aromatic rings. The number of aromatic nitrogens is 3. The van der Waals surface area contributed by atoms with Gasteiger partial charge in [0, 0.05) is 26.8 Å². The largest absolute Gasteiger partial charge is 0.486 e. The van der Waals surface area contributed by atoms with Crippen LogP contribution in [-0.2, 0) is 13.6 Å². The van der Waals surface area contributed by atoms with E-state index in [-0.39, 0.29) is 0 Å². The van der Waals surface area contributed by atoms with Crippen molar-refractivity contribution in [2.45, 2.75) is 6.54 Å². The highest BCUT2D eigenvalue weighted by atomic mass is 16.6. The second-order valence-corrected chi connectivity index (χ2v) is 5.65. The molecule has 1 aromatic carbocycles. The van der Waals surface area contributed by atoms with Crippen LogP contribution in [0.15, 0.2) is 36.5 Å². The van der Waals surface area contributed by atoms with Crippen molar-refractivity contribution in [3.63, 3.8) is 0 Å². The van der Waals surface area contributed by atoms with Crippen LogP contribution in [0.2, 0.25) is 0 Å². The first-order valence-corrected chi connectivity index (χ1v) is 7.59. The number of anilines is 1. The number of benzene rings is 1. The molecule has 6 heteroatoms. The highest BCUT2D eigenvalue weighted by Gasteiger charge is 2.15. The number of rotatable bonds is 3. The van der Waals surface area contributed by atoms with Gasteiger partial charge in [-0.2, -0.15) is 0 Å². The molecule has 0 spiro atoms. The van der Waals surface area contributed by atoms with E-state index in [0.717, 1.165) is 40.7 Å². The molecular formula is C17H18N4O2. The number of ether oxygens (including phenoxy) is 2. The van der Waals surface area contributed by atoms with Gasteiger partial charge in [0.15, 0.2) is 17.1 Å². The quantitative estimate of drug-likeness (QED) is 0.743. The number of hydrogen-bond acceptors (Lipinski definition) is 5. The van der Waals surface area contributed by atoms with Crippen molar-refractivity contribution < 1.29 is 9.47 Å². The summed E-state index contributed by atoms with van der Waals surface area (Å²) in [6.07, 6.45) is 1.79. The predicted molar refractivity (Wildman–Crippen MR) is 88.0 cm³/mol. The van der Waals surface area contributed by atoms with Crippen molar-refractivity contribution in [1.82, 2.24) is 14.5 Å². The fraction of sp³-hybridized carbons (Fsp3) is 0.294. The summed E-state index contributed by atoms with van der Waals surface area (Å²) in [6, 6.07) is 9.94. The molecule has 0 bridgehead atoms. The van der Waals surface area contributed by atoms with E-state index in [9.17, 15) is 0 Å². The zero-order chi connectivity index (χ0) is 15.8. The second kappa shape index (κ2) is 5.46. The Kier molecular flexibility index (Phi) is 3.29. The van der Waals surface area contributed by atoms with E-state index in [1.807, 2.05) is 42.9 Å². The maximum atomic E-state index is 5.65. The fourth-order valence-electron chi connectivity index (χ4n) is 2.88. The van der Waals surface area contributed by atoms with Crippen LogP contribution < -0.4 is 14.4 Å². The molecule has 6 nitrogen and oxygen atoms in total. The van der Waals surface area contributed by atoms with E-state index in [1.54, 1.807) is 6.20 Å². The lowest BCUT2D eigenvalue weighted by atomic mass is 10.2. The second-order valence-electron chi connectivity index (χ2n) is 5.65. The van der Waals surface area contributed by atoms with E-state index < -0.39 is 0 Å². The Morgan fingerprint density at radius 1 is 1.17 bits per heavy atom. The topological polar surface area (TPSA) is 52.4 Å². The van der Waals surface area contributed by atoms with Gasteiger partial charge in [-0.05, 0) is 29.8 Å². The summed E-state index contributed by atoms with van der Waals surface area (Å²) in [5, 5.41) is 0. The van der Waals surface area contributed by atoms with E-state index in [4.69, 9.17) is 9.47 Å². The molecule has 0 aliphatic carbocycles. The number of fused-ring (bicyclic) bond motifs is 2. The summed E-state index contributed by atoms with van der Waals surface area (Å²) in [7, 11) is 4.01. The van der Waals surface area contributed by atoms with Crippen molar-refractivity contribution in [2.24, 2.45) is 7.05 Å². The molecule has 0 saturated carbocycles. The third-order valence-corrected chi connectivity index (χ3v) is 3.97. The van der Waals surface area contributed by atoms with Gasteiger partial charge in [0.05, 0.1) is 0 Å². The molecule has 0 fully saturated rings. The zero-order valence-electron chi connectivity index (χ0n) is 13.2. The fourth-order valence-corrected chi connectivity index (χ4v) is 2.88. The van der Waals surface area contributed by atoms with Crippen LogP contribution in [0.25, 0.3) is 11.2 Å². The van der Waals surface area contributed by atoms with Crippen LogP contribution in [0.5, 0.6) is 11.5 Å². The molecule has 118 valence electrons. The normalized spacial score (nSPS) is 13.3. The lowest BCUT2D eigenvalue weighted by Gasteiger charge is -2.21. The third kappa shape index (κ3) is 2.46. The average Bonchev–Trinajstić information content (AvgIpc) is 2.92. The Labute approximate surface area is 134 Å². The molecule has 1 aliphatic rings. The SMILES string of the molecule is CN(Cc1ccc2c(c1)OCCO2)c1nc2cccnc2n1C. The molecule has 1 aliphatic heterocycles. The summed E-state index contributed by atoms with van der Waals surface area (Å²) in [5.41, 5.74) is 2.94. The van der Waals surface area contributed by atoms with Crippen molar-refractivity contribution in [3.8, 4) is 11.5 Å². The summed E-state index contributed by atoms with van der Waals surface area (Å²) in [4.78, 5) is 11.2. The third-order valence-electron chi connectivity index (χ3n) is 3.97. The molecule has 3 heterocycles. The Morgan fingerprint density at radius 2 is 2.00 bits per heavy atom. The van der Waals surface area contributed by atoms with Crippen molar-refractivity contribution in [3.05, 3.63) is 42.1 Å². The van der Waals surface area contributed by atoms with Gasteiger partial charge in [0.25, 0.3) is 0 Å². The van der Waals surface area contributed by atoms with E-state index in [2.05, 4.69) is 20.9 Å². The molecule has 0 amide bonds. The van der Waals surface area contributed by atoms with Crippen molar-refractivity contribution in [2.75, 3.05) is 25.2 Å². The van der Waals surface area contributed by atoms with Crippen LogP contribution in [0.4, 0.5) is 5.95 Å². The average molecular weight is 310 g/mol. The van der Waals surface area contributed by atoms with Gasteiger partial charge in [0.2, 0.25) is 5.95 Å². The monoisotopic (exact) mass is 310 g/mol. The van der Waals surface area contributed by atoms with Crippen LogP contribution in [-0.4, -0.2) is 34.8 Å². The molecule has 0 radical (unpaired) electrons. The molecule has 0 N–H and O–H groups in total. The zero-order valence-corrected chi connectivity index (χ0v) is 13.2. The highest BCUT2D eigenvalue weighted by molar-refractivity contribution is 5.74. The molecule has 4 rings (SSSR count). The summed E-state index contributed by atoms with van der Waals surface area (Å²) < 4.78 is 13.2. The van der Waals surface area contributed by atoms with Gasteiger partial charge in [-0.3, -0.25) is 4.57 Å². The number of hydrogen-bond donors (Lipinski definition) is 0. The number of pyridine rings is 1. The number of nitrogens with zero attached hydrogens (tertiary/aromatic N) is 4. The maximum absolute atomic E-state index is 5.65. The highest BCUT2D eigenvalue weighted by Crippen LogP contribution is 2.31. The van der Waals surface area contributed by atoms with Crippen LogP contribution in [0.3, 0.4) is 0 Å². The summed E-state index contributed by atoms with van der Waals surface area (Å²) in [5.74, 6) is 2.51. The Bertz CT molecular complexity index is 859. The van der Waals surface area contributed by atoms with Gasteiger partial charge in [0.1, 0.15) is 18.7 Å². The molecular weight excluding hydrogens is 292 g/mol. The number of aryl methyl sites for hydroxylation is 1. The lowest BCUT2D eigenvalue weighted by molar-refractivity contribution is 0.171. The Morgan fingerprint density at radius 3 is 2.83 bits per heavy atom. The van der Waals surface area contributed by atoms with Gasteiger partial charge in [-0.25, -0.2) is 9.97 Å². The molecule has 0 saturated heterocycles. The number of imidazole rings is 1. The van der Waals surface area contributed by atoms with Crippen LogP contribution >= 0.6 is 0 Å². The van der Waals surface area contributed by atoms with Crippen molar-refractivity contribution in [1.29, 1.82) is 0 Å². The molecule has 0 atom stereocenters. The van der Waals surface area contributed by atoms with Gasteiger partial charge >= 0.3 is 0 Å². The van der Waals surface area contributed by atoms with Crippen molar-refractivity contribution >= 4 is 17.1 Å². The smallest absolute Gasteiger partial charge is 0.207 e. The standard InChI is InChI=1S/C17H18N4O2/c1-20(17-19-13-4-3-7-18-16(13)21(17)2)11-12-5-6-14-15(10-12)23-9-8-22-14/h3-7,10H,8-9,11H2,1-2H3. The van der Waals surface area contributed by atoms with Crippen LogP contribution in [0.1, 0.15) is 5.56 Å². The first-order valence-electron chi connectivity index (χ1n) is 7.59. The van der Waals surface area contributed by atoms with Gasteiger partial charge in [-0.15, -0.1) is 0 Å². The first-order chi connectivity index (χ1) is 11.2. The minimum absolute atomic E-state index is 0.600. The minimum atomic E-state index is 0.600. The Balaban J connectivity index is 1.61. The van der Waals surface area contributed by atoms with Gasteiger partial charge in [-0.1, -0.05) is 6.07 Å². The lowest BCUT2D eigenvalue weighted by Crippen LogP contribution is -2.20. The Hall–Kier alpha value is -2.76. The van der Waals surface area contributed by atoms with Gasteiger partial charge < -0.3 is 14.4 Å². The first kappa shape index (κ1) is 13.9. The maximum Gasteiger partial charge on any atom is 0.207 e. The summed E-state index contributed by atoms with van der Waals surface area (Å²) >= 11 is 0. The predicted octanol–water partition coefficient (Wildman–Crippen LogP) is 2.38. The molecule has 0 unspecified atom stereocenters. The van der Waals surface area contributed by atoms with E-state index in [0.29, 0.717) is 13.2 Å².